The van der Waals surface area contributed by atoms with Gasteiger partial charge in [-0.2, -0.15) is 0 Å². The van der Waals surface area contributed by atoms with Gasteiger partial charge in [0, 0.05) is 54.1 Å². The molecule has 0 atom stereocenters. The first kappa shape index (κ1) is 27.7. The predicted molar refractivity (Wildman–Crippen MR) is 157 cm³/mol. The third-order valence-electron chi connectivity index (χ3n) is 6.66. The molecule has 5 rings (SSSR count). The molecule has 4 aromatic rings. The van der Waals surface area contributed by atoms with E-state index in [1.165, 1.54) is 15.8 Å². The number of pyridine rings is 1. The SMILES string of the molecule is CC(C)(C)C(=O)O.O=c1ccc2ccc(OCCCCN3CCN(c4cccc5sccc45)CC3)cc2[nH]1. The number of piperazine rings is 1. The van der Waals surface area contributed by atoms with Gasteiger partial charge >= 0.3 is 5.97 Å². The van der Waals surface area contributed by atoms with E-state index in [1.807, 2.05) is 35.6 Å². The Hall–Kier alpha value is -3.36. The van der Waals surface area contributed by atoms with Crippen LogP contribution >= 0.6 is 11.3 Å². The molecule has 0 unspecified atom stereocenters. The smallest absolute Gasteiger partial charge is 0.308 e. The van der Waals surface area contributed by atoms with Gasteiger partial charge in [-0.1, -0.05) is 6.07 Å². The van der Waals surface area contributed by atoms with Gasteiger partial charge < -0.3 is 19.7 Å². The van der Waals surface area contributed by atoms with Gasteiger partial charge in [0.05, 0.1) is 17.5 Å². The quantitative estimate of drug-likeness (QED) is 0.289. The number of anilines is 1. The topological polar surface area (TPSA) is 85.9 Å². The Morgan fingerprint density at radius 1 is 1.03 bits per heavy atom. The van der Waals surface area contributed by atoms with Gasteiger partial charge in [-0.05, 0) is 87.3 Å². The fraction of sp³-hybridized carbons (Fsp3) is 0.400. The summed E-state index contributed by atoms with van der Waals surface area (Å²) in [6.07, 6.45) is 2.16. The maximum Gasteiger partial charge on any atom is 0.308 e. The minimum absolute atomic E-state index is 0.0863. The number of carbonyl (C=O) groups is 1. The molecule has 0 radical (unpaired) electrons. The number of H-pyrrole nitrogens is 1. The van der Waals surface area contributed by atoms with E-state index in [0.29, 0.717) is 6.61 Å². The number of carboxylic acid groups (broad SMARTS) is 1. The lowest BCUT2D eigenvalue weighted by atomic mass is 9.98. The van der Waals surface area contributed by atoms with Crippen LogP contribution in [-0.2, 0) is 4.79 Å². The lowest BCUT2D eigenvalue weighted by Gasteiger charge is -2.36. The maximum atomic E-state index is 11.5. The summed E-state index contributed by atoms with van der Waals surface area (Å²) in [5.74, 6) is 0.0538. The monoisotopic (exact) mass is 535 g/mol. The highest BCUT2D eigenvalue weighted by Crippen LogP contribution is 2.31. The number of ether oxygens (including phenoxy) is 1. The van der Waals surface area contributed by atoms with Gasteiger partial charge in [-0.25, -0.2) is 0 Å². The Morgan fingerprint density at radius 2 is 1.76 bits per heavy atom. The van der Waals surface area contributed by atoms with E-state index in [2.05, 4.69) is 44.4 Å². The number of nitrogens with zero attached hydrogens (tertiary/aromatic N) is 2. The summed E-state index contributed by atoms with van der Waals surface area (Å²) >= 11 is 1.82. The van der Waals surface area contributed by atoms with Crippen LogP contribution in [0.4, 0.5) is 5.69 Å². The number of aromatic nitrogens is 1. The Morgan fingerprint density at radius 3 is 2.50 bits per heavy atom. The van der Waals surface area contributed by atoms with Gasteiger partial charge in [-0.15, -0.1) is 11.3 Å². The van der Waals surface area contributed by atoms with E-state index in [-0.39, 0.29) is 5.56 Å². The number of unbranched alkanes of at least 4 members (excludes halogenated alkanes) is 1. The van der Waals surface area contributed by atoms with Crippen molar-refractivity contribution in [2.45, 2.75) is 33.6 Å². The van der Waals surface area contributed by atoms with Gasteiger partial charge in [0.15, 0.2) is 0 Å². The number of aliphatic carboxylic acids is 1. The molecular formula is C30H37N3O4S. The summed E-state index contributed by atoms with van der Waals surface area (Å²) in [4.78, 5) is 29.4. The molecule has 7 nitrogen and oxygen atoms in total. The van der Waals surface area contributed by atoms with Crippen molar-refractivity contribution < 1.29 is 14.6 Å². The summed E-state index contributed by atoms with van der Waals surface area (Å²) in [5, 5.41) is 12.8. The zero-order valence-corrected chi connectivity index (χ0v) is 23.2. The highest BCUT2D eigenvalue weighted by molar-refractivity contribution is 7.17. The molecule has 3 heterocycles. The van der Waals surface area contributed by atoms with Crippen LogP contribution in [0.3, 0.4) is 0 Å². The normalized spacial score (nSPS) is 14.3. The third-order valence-corrected chi connectivity index (χ3v) is 7.54. The Bertz CT molecular complexity index is 1410. The molecule has 0 spiro atoms. The fourth-order valence-corrected chi connectivity index (χ4v) is 5.12. The van der Waals surface area contributed by atoms with Crippen LogP contribution in [0.1, 0.15) is 33.6 Å². The van der Waals surface area contributed by atoms with Crippen molar-refractivity contribution in [2.75, 3.05) is 44.2 Å². The molecule has 202 valence electrons. The first-order valence-electron chi connectivity index (χ1n) is 13.1. The molecule has 0 bridgehead atoms. The molecule has 38 heavy (non-hydrogen) atoms. The zero-order chi connectivity index (χ0) is 27.1. The van der Waals surface area contributed by atoms with Crippen molar-refractivity contribution in [3.8, 4) is 5.75 Å². The van der Waals surface area contributed by atoms with Crippen molar-refractivity contribution in [3.05, 3.63) is 70.3 Å². The zero-order valence-electron chi connectivity index (χ0n) is 22.4. The molecule has 2 aromatic heterocycles. The summed E-state index contributed by atoms with van der Waals surface area (Å²) in [7, 11) is 0. The average molecular weight is 536 g/mol. The van der Waals surface area contributed by atoms with E-state index in [4.69, 9.17) is 9.84 Å². The molecule has 2 N–H and O–H groups in total. The first-order chi connectivity index (χ1) is 18.2. The molecule has 8 heteroatoms. The molecular weight excluding hydrogens is 498 g/mol. The number of benzene rings is 2. The standard InChI is InChI=1S/C25H27N3O2S.C5H10O2/c29-25-9-7-19-6-8-20(18-22(19)26-25)30-16-2-1-11-27-12-14-28(15-13-27)23-4-3-5-24-21(23)10-17-31-24;1-5(2,3)4(6)7/h3-10,17-18H,1-2,11-16H2,(H,26,29);1-3H3,(H,6,7). The maximum absolute atomic E-state index is 11.5. The predicted octanol–water partition coefficient (Wildman–Crippen LogP) is 5.84. The average Bonchev–Trinajstić information content (AvgIpc) is 3.38. The van der Waals surface area contributed by atoms with E-state index in [0.717, 1.165) is 62.2 Å². The minimum Gasteiger partial charge on any atom is -0.494 e. The molecule has 0 saturated carbocycles. The van der Waals surface area contributed by atoms with Crippen molar-refractivity contribution in [3.63, 3.8) is 0 Å². The van der Waals surface area contributed by atoms with Crippen molar-refractivity contribution in [1.29, 1.82) is 0 Å². The summed E-state index contributed by atoms with van der Waals surface area (Å²) in [6.45, 7) is 11.2. The fourth-order valence-electron chi connectivity index (χ4n) is 4.31. The molecule has 2 aromatic carbocycles. The molecule has 1 aliphatic heterocycles. The number of carboxylic acids is 1. The lowest BCUT2D eigenvalue weighted by Crippen LogP contribution is -2.46. The van der Waals surface area contributed by atoms with E-state index in [1.54, 1.807) is 26.8 Å². The summed E-state index contributed by atoms with van der Waals surface area (Å²) < 4.78 is 7.28. The second-order valence-corrected chi connectivity index (χ2v) is 11.6. The largest absolute Gasteiger partial charge is 0.494 e. The Kier molecular flexibility index (Phi) is 9.07. The number of hydrogen-bond donors (Lipinski definition) is 2. The highest BCUT2D eigenvalue weighted by atomic mass is 32.1. The van der Waals surface area contributed by atoms with Crippen LogP contribution in [0.15, 0.2) is 64.8 Å². The Labute approximate surface area is 227 Å². The Balaban J connectivity index is 0.000000426. The number of nitrogens with one attached hydrogen (secondary N) is 1. The van der Waals surface area contributed by atoms with Gasteiger partial charge in [-0.3, -0.25) is 14.5 Å². The molecule has 0 aliphatic carbocycles. The number of fused-ring (bicyclic) bond motifs is 2. The number of hydrogen-bond acceptors (Lipinski definition) is 6. The highest BCUT2D eigenvalue weighted by Gasteiger charge is 2.19. The van der Waals surface area contributed by atoms with Crippen LogP contribution in [-0.4, -0.2) is 60.3 Å². The van der Waals surface area contributed by atoms with Crippen LogP contribution in [0.25, 0.3) is 21.0 Å². The third kappa shape index (κ3) is 7.36. The number of thiophene rings is 1. The van der Waals surface area contributed by atoms with Gasteiger partial charge in [0.25, 0.3) is 0 Å². The van der Waals surface area contributed by atoms with Crippen molar-refractivity contribution >= 4 is 44.0 Å². The first-order valence-corrected chi connectivity index (χ1v) is 14.0. The number of rotatable bonds is 7. The number of aromatic amines is 1. The lowest BCUT2D eigenvalue weighted by molar-refractivity contribution is -0.145. The van der Waals surface area contributed by atoms with Gasteiger partial charge in [0.1, 0.15) is 5.75 Å². The second-order valence-electron chi connectivity index (χ2n) is 10.6. The van der Waals surface area contributed by atoms with E-state index >= 15 is 0 Å². The molecule has 1 saturated heterocycles. The van der Waals surface area contributed by atoms with Crippen molar-refractivity contribution in [2.24, 2.45) is 5.41 Å². The van der Waals surface area contributed by atoms with E-state index < -0.39 is 11.4 Å². The van der Waals surface area contributed by atoms with Crippen molar-refractivity contribution in [1.82, 2.24) is 9.88 Å². The summed E-state index contributed by atoms with van der Waals surface area (Å²) in [5.41, 5.74) is 1.53. The molecule has 1 aliphatic rings. The molecule has 0 amide bonds. The molecule has 1 fully saturated rings. The van der Waals surface area contributed by atoms with Crippen LogP contribution < -0.4 is 15.2 Å². The van der Waals surface area contributed by atoms with Crippen LogP contribution in [0, 0.1) is 5.41 Å². The van der Waals surface area contributed by atoms with Crippen LogP contribution in [0.2, 0.25) is 0 Å². The second kappa shape index (κ2) is 12.5. The van der Waals surface area contributed by atoms with Crippen LogP contribution in [0.5, 0.6) is 5.75 Å². The summed E-state index contributed by atoms with van der Waals surface area (Å²) in [6, 6.07) is 18.1. The van der Waals surface area contributed by atoms with Gasteiger partial charge in [0.2, 0.25) is 5.56 Å². The minimum atomic E-state index is -0.757. The van der Waals surface area contributed by atoms with E-state index in [9.17, 15) is 9.59 Å².